The first-order chi connectivity index (χ1) is 7.92. The molecule has 0 bridgehead atoms. The third kappa shape index (κ3) is 5.00. The highest BCUT2D eigenvalue weighted by molar-refractivity contribution is 5.96. The van der Waals surface area contributed by atoms with Gasteiger partial charge >= 0.3 is 0 Å². The predicted octanol–water partition coefficient (Wildman–Crippen LogP) is 2.66. The summed E-state index contributed by atoms with van der Waals surface area (Å²) >= 11 is 0. The molecule has 94 valence electrons. The molecule has 3 nitrogen and oxygen atoms in total. The van der Waals surface area contributed by atoms with Crippen LogP contribution in [0.1, 0.15) is 37.6 Å². The molecule has 1 rings (SSSR count). The van der Waals surface area contributed by atoms with Gasteiger partial charge in [-0.05, 0) is 32.9 Å². The van der Waals surface area contributed by atoms with E-state index in [-0.39, 0.29) is 11.3 Å². The summed E-state index contributed by atoms with van der Waals surface area (Å²) in [5, 5.41) is 3.30. The van der Waals surface area contributed by atoms with Gasteiger partial charge in [0.25, 0.3) is 0 Å². The Morgan fingerprint density at radius 3 is 2.65 bits per heavy atom. The predicted molar refractivity (Wildman–Crippen MR) is 69.7 cm³/mol. The van der Waals surface area contributed by atoms with Gasteiger partial charge in [0.1, 0.15) is 5.75 Å². The monoisotopic (exact) mass is 235 g/mol. The number of carbonyl (C=O) groups excluding carboxylic acids is 1. The van der Waals surface area contributed by atoms with E-state index in [2.05, 4.69) is 26.1 Å². The molecule has 3 heteroatoms. The summed E-state index contributed by atoms with van der Waals surface area (Å²) in [6, 6.07) is 7.27. The quantitative estimate of drug-likeness (QED) is 0.797. The van der Waals surface area contributed by atoms with Gasteiger partial charge in [0.15, 0.2) is 5.78 Å². The topological polar surface area (TPSA) is 38.3 Å². The van der Waals surface area contributed by atoms with Crippen LogP contribution in [0.15, 0.2) is 24.3 Å². The Bertz CT molecular complexity index is 380. The standard InChI is InChI=1S/C14H21NO2/c1-14(2,3)15-9-8-13(16)11-6-5-7-12(10-11)17-4/h5-7,10,15H,8-9H2,1-4H3. The molecule has 0 saturated carbocycles. The molecule has 0 aromatic heterocycles. The first kappa shape index (κ1) is 13.7. The number of Topliss-reactive ketones (excluding diaryl/α,β-unsaturated/α-hetero) is 1. The summed E-state index contributed by atoms with van der Waals surface area (Å²) in [5.41, 5.74) is 0.759. The van der Waals surface area contributed by atoms with Gasteiger partial charge in [0, 0.05) is 24.1 Å². The van der Waals surface area contributed by atoms with E-state index in [4.69, 9.17) is 4.74 Å². The Kier molecular flexibility index (Phi) is 4.70. The number of methoxy groups -OCH3 is 1. The van der Waals surface area contributed by atoms with Gasteiger partial charge in [-0.1, -0.05) is 12.1 Å². The van der Waals surface area contributed by atoms with E-state index in [9.17, 15) is 4.79 Å². The molecule has 0 aliphatic rings. The Morgan fingerprint density at radius 2 is 2.06 bits per heavy atom. The maximum atomic E-state index is 11.9. The van der Waals surface area contributed by atoms with Crippen LogP contribution in [0.2, 0.25) is 0 Å². The lowest BCUT2D eigenvalue weighted by molar-refractivity contribution is 0.0980. The Balaban J connectivity index is 2.52. The second kappa shape index (κ2) is 5.82. The van der Waals surface area contributed by atoms with E-state index >= 15 is 0 Å². The number of nitrogens with one attached hydrogen (secondary N) is 1. The van der Waals surface area contributed by atoms with Crippen molar-refractivity contribution >= 4 is 5.78 Å². The maximum absolute atomic E-state index is 11.9. The molecular formula is C14H21NO2. The molecule has 0 atom stereocenters. The van der Waals surface area contributed by atoms with Crippen LogP contribution in [-0.2, 0) is 0 Å². The molecule has 1 N–H and O–H groups in total. The molecule has 0 aliphatic heterocycles. The van der Waals surface area contributed by atoms with Gasteiger partial charge < -0.3 is 10.1 Å². The summed E-state index contributed by atoms with van der Waals surface area (Å²) in [4.78, 5) is 11.9. The highest BCUT2D eigenvalue weighted by atomic mass is 16.5. The van der Waals surface area contributed by atoms with Gasteiger partial charge in [0.05, 0.1) is 7.11 Å². The third-order valence-corrected chi connectivity index (χ3v) is 2.40. The summed E-state index contributed by atoms with van der Waals surface area (Å²) in [6.45, 7) is 6.95. The molecule has 0 saturated heterocycles. The fraction of sp³-hybridized carbons (Fsp3) is 0.500. The SMILES string of the molecule is COc1cccc(C(=O)CCNC(C)(C)C)c1. The van der Waals surface area contributed by atoms with Crippen molar-refractivity contribution in [2.75, 3.05) is 13.7 Å². The van der Waals surface area contributed by atoms with Crippen molar-refractivity contribution in [1.29, 1.82) is 0 Å². The Hall–Kier alpha value is -1.35. The molecule has 0 fully saturated rings. The minimum absolute atomic E-state index is 0.0503. The van der Waals surface area contributed by atoms with Crippen molar-refractivity contribution in [2.24, 2.45) is 0 Å². The molecule has 0 heterocycles. The van der Waals surface area contributed by atoms with Crippen LogP contribution in [0.25, 0.3) is 0 Å². The molecule has 0 aliphatic carbocycles. The van der Waals surface area contributed by atoms with E-state index in [1.165, 1.54) is 0 Å². The molecule has 1 aromatic rings. The molecular weight excluding hydrogens is 214 g/mol. The fourth-order valence-corrected chi connectivity index (χ4v) is 1.49. The lowest BCUT2D eigenvalue weighted by Gasteiger charge is -2.20. The van der Waals surface area contributed by atoms with Gasteiger partial charge in [-0.3, -0.25) is 4.79 Å². The molecule has 17 heavy (non-hydrogen) atoms. The van der Waals surface area contributed by atoms with Gasteiger partial charge in [0.2, 0.25) is 0 Å². The zero-order chi connectivity index (χ0) is 12.9. The minimum atomic E-state index is 0.0503. The largest absolute Gasteiger partial charge is 0.497 e. The van der Waals surface area contributed by atoms with E-state index in [1.54, 1.807) is 13.2 Å². The summed E-state index contributed by atoms with van der Waals surface area (Å²) in [7, 11) is 1.60. The number of ether oxygens (including phenoxy) is 1. The molecule has 0 radical (unpaired) electrons. The van der Waals surface area contributed by atoms with Crippen LogP contribution < -0.4 is 10.1 Å². The average molecular weight is 235 g/mol. The summed E-state index contributed by atoms with van der Waals surface area (Å²) in [6.07, 6.45) is 0.504. The molecule has 0 amide bonds. The van der Waals surface area contributed by atoms with Crippen molar-refractivity contribution in [1.82, 2.24) is 5.32 Å². The van der Waals surface area contributed by atoms with Crippen LogP contribution in [0.5, 0.6) is 5.75 Å². The van der Waals surface area contributed by atoms with Gasteiger partial charge in [-0.2, -0.15) is 0 Å². The van der Waals surface area contributed by atoms with E-state index < -0.39 is 0 Å². The first-order valence-corrected chi connectivity index (χ1v) is 5.84. The van der Waals surface area contributed by atoms with Crippen LogP contribution in [0, 0.1) is 0 Å². The van der Waals surface area contributed by atoms with Gasteiger partial charge in [-0.25, -0.2) is 0 Å². The van der Waals surface area contributed by atoms with Crippen LogP contribution in [0.3, 0.4) is 0 Å². The first-order valence-electron chi connectivity index (χ1n) is 5.84. The maximum Gasteiger partial charge on any atom is 0.164 e. The normalized spacial score (nSPS) is 11.3. The molecule has 0 unspecified atom stereocenters. The lowest BCUT2D eigenvalue weighted by atomic mass is 10.1. The summed E-state index contributed by atoms with van der Waals surface area (Å²) < 4.78 is 5.10. The second-order valence-electron chi connectivity index (χ2n) is 5.08. The average Bonchev–Trinajstić information content (AvgIpc) is 2.27. The number of carbonyl (C=O) groups is 1. The summed E-state index contributed by atoms with van der Waals surface area (Å²) in [5.74, 6) is 0.861. The fourth-order valence-electron chi connectivity index (χ4n) is 1.49. The number of hydrogen-bond acceptors (Lipinski definition) is 3. The number of ketones is 1. The van der Waals surface area contributed by atoms with Crippen molar-refractivity contribution in [3.05, 3.63) is 29.8 Å². The second-order valence-corrected chi connectivity index (χ2v) is 5.08. The Labute approximate surface area is 103 Å². The van der Waals surface area contributed by atoms with Gasteiger partial charge in [-0.15, -0.1) is 0 Å². The lowest BCUT2D eigenvalue weighted by Crippen LogP contribution is -2.37. The zero-order valence-electron chi connectivity index (χ0n) is 11.0. The van der Waals surface area contributed by atoms with Crippen LogP contribution >= 0.6 is 0 Å². The molecule has 1 aromatic carbocycles. The highest BCUT2D eigenvalue weighted by Crippen LogP contribution is 2.14. The van der Waals surface area contributed by atoms with Crippen molar-refractivity contribution in [3.8, 4) is 5.75 Å². The highest BCUT2D eigenvalue weighted by Gasteiger charge is 2.11. The number of benzene rings is 1. The smallest absolute Gasteiger partial charge is 0.164 e. The molecule has 0 spiro atoms. The third-order valence-electron chi connectivity index (χ3n) is 2.40. The number of hydrogen-bond donors (Lipinski definition) is 1. The van der Waals surface area contributed by atoms with Crippen molar-refractivity contribution in [2.45, 2.75) is 32.7 Å². The van der Waals surface area contributed by atoms with E-state index in [0.29, 0.717) is 18.5 Å². The van der Waals surface area contributed by atoms with Crippen LogP contribution in [-0.4, -0.2) is 25.0 Å². The number of rotatable bonds is 5. The Morgan fingerprint density at radius 1 is 1.35 bits per heavy atom. The minimum Gasteiger partial charge on any atom is -0.497 e. The van der Waals surface area contributed by atoms with E-state index in [1.807, 2.05) is 18.2 Å². The van der Waals surface area contributed by atoms with E-state index in [0.717, 1.165) is 5.75 Å². The van der Waals surface area contributed by atoms with Crippen molar-refractivity contribution < 1.29 is 9.53 Å². The van der Waals surface area contributed by atoms with Crippen molar-refractivity contribution in [3.63, 3.8) is 0 Å². The zero-order valence-corrected chi connectivity index (χ0v) is 11.0. The van der Waals surface area contributed by atoms with Crippen LogP contribution in [0.4, 0.5) is 0 Å².